The van der Waals surface area contributed by atoms with Crippen molar-refractivity contribution in [1.82, 2.24) is 0 Å². The summed E-state index contributed by atoms with van der Waals surface area (Å²) in [5, 5.41) is 11.0. The highest BCUT2D eigenvalue weighted by atomic mass is 28.4. The molecule has 0 amide bonds. The fourth-order valence-corrected chi connectivity index (χ4v) is 6.98. The van der Waals surface area contributed by atoms with Gasteiger partial charge in [-0.1, -0.05) is 53.4 Å². The third kappa shape index (κ3) is 5.11. The molecule has 0 bridgehead atoms. The molecule has 0 aromatic rings. The Kier molecular flexibility index (Phi) is 7.59. The zero-order valence-electron chi connectivity index (χ0n) is 19.8. The molecule has 0 aromatic carbocycles. The van der Waals surface area contributed by atoms with Crippen LogP contribution in [0.1, 0.15) is 85.5 Å². The topological polar surface area (TPSA) is 47.9 Å². The fourth-order valence-electron chi connectivity index (χ4n) is 5.55. The van der Waals surface area contributed by atoms with Crippen LogP contribution in [0, 0.1) is 17.8 Å². The summed E-state index contributed by atoms with van der Waals surface area (Å²) >= 11 is 0. The number of rotatable bonds is 10. The fraction of sp³-hybridized carbons (Fsp3) is 1.00. The third-order valence-corrected chi connectivity index (χ3v) is 12.9. The van der Waals surface area contributed by atoms with Crippen LogP contribution in [0.4, 0.5) is 0 Å². The van der Waals surface area contributed by atoms with Crippen molar-refractivity contribution < 1.29 is 19.0 Å². The van der Waals surface area contributed by atoms with Gasteiger partial charge in [0.25, 0.3) is 0 Å². The molecule has 5 unspecified atom stereocenters. The molecule has 3 rings (SSSR count). The average molecular weight is 427 g/mol. The maximum Gasteiger partial charge on any atom is 0.192 e. The van der Waals surface area contributed by atoms with Crippen LogP contribution in [0.2, 0.25) is 18.1 Å². The standard InChI is InChI=1S/C24H46O4Si/c1-7-8-9-10-11-18(28-29(5,6)23(2,3)4)12-13-19-20-17-24(26-14-15-27-24)21(20)16-22(19)25/h18-22,25H,7-17H2,1-6H3. The van der Waals surface area contributed by atoms with E-state index in [0.717, 1.165) is 25.7 Å². The molecule has 29 heavy (non-hydrogen) atoms. The molecule has 0 aromatic heterocycles. The lowest BCUT2D eigenvalue weighted by molar-refractivity contribution is -0.272. The molecular formula is C24H46O4Si. The maximum atomic E-state index is 10.8. The van der Waals surface area contributed by atoms with Crippen molar-refractivity contribution in [3.8, 4) is 0 Å². The van der Waals surface area contributed by atoms with E-state index in [4.69, 9.17) is 13.9 Å². The monoisotopic (exact) mass is 426 g/mol. The van der Waals surface area contributed by atoms with Crippen LogP contribution in [0.15, 0.2) is 0 Å². The van der Waals surface area contributed by atoms with Gasteiger partial charge in [0.2, 0.25) is 0 Å². The Morgan fingerprint density at radius 3 is 2.41 bits per heavy atom. The molecule has 2 aliphatic carbocycles. The van der Waals surface area contributed by atoms with Crippen LogP contribution in [0.5, 0.6) is 0 Å². The van der Waals surface area contributed by atoms with Crippen molar-refractivity contribution >= 4 is 8.32 Å². The zero-order chi connectivity index (χ0) is 21.3. The Labute approximate surface area is 180 Å². The van der Waals surface area contributed by atoms with Gasteiger partial charge in [-0.25, -0.2) is 0 Å². The number of unbranched alkanes of at least 4 members (excludes halogenated alkanes) is 3. The Morgan fingerprint density at radius 1 is 1.10 bits per heavy atom. The molecule has 5 atom stereocenters. The number of fused-ring (bicyclic) bond motifs is 2. The Morgan fingerprint density at radius 2 is 1.79 bits per heavy atom. The van der Waals surface area contributed by atoms with Gasteiger partial charge in [-0.2, -0.15) is 0 Å². The van der Waals surface area contributed by atoms with E-state index in [-0.39, 0.29) is 16.9 Å². The first-order chi connectivity index (χ1) is 13.6. The highest BCUT2D eigenvalue weighted by Gasteiger charge is 2.64. The number of ether oxygens (including phenoxy) is 2. The van der Waals surface area contributed by atoms with Gasteiger partial charge in [-0.15, -0.1) is 0 Å². The van der Waals surface area contributed by atoms with E-state index in [2.05, 4.69) is 40.8 Å². The summed E-state index contributed by atoms with van der Waals surface area (Å²) in [6.07, 6.45) is 10.4. The average Bonchev–Trinajstić information content (AvgIpc) is 3.21. The second-order valence-electron chi connectivity index (χ2n) is 11.4. The van der Waals surface area contributed by atoms with Crippen LogP contribution in [0.25, 0.3) is 0 Å². The van der Waals surface area contributed by atoms with Crippen molar-refractivity contribution in [3.05, 3.63) is 0 Å². The van der Waals surface area contributed by atoms with Gasteiger partial charge in [-0.05, 0) is 55.7 Å². The van der Waals surface area contributed by atoms with Crippen LogP contribution >= 0.6 is 0 Å². The van der Waals surface area contributed by atoms with E-state index in [9.17, 15) is 5.11 Å². The SMILES string of the molecule is CCCCCCC(CCC1C(O)CC2C1CC21OCCO1)O[Si](C)(C)C(C)(C)C. The van der Waals surface area contributed by atoms with Crippen LogP contribution < -0.4 is 0 Å². The quantitative estimate of drug-likeness (QED) is 0.350. The predicted octanol–water partition coefficient (Wildman–Crippen LogP) is 5.89. The zero-order valence-corrected chi connectivity index (χ0v) is 20.8. The first-order valence-corrected chi connectivity index (χ1v) is 15.1. The summed E-state index contributed by atoms with van der Waals surface area (Å²) in [6.45, 7) is 15.4. The molecule has 3 fully saturated rings. The van der Waals surface area contributed by atoms with Crippen molar-refractivity contribution in [2.75, 3.05) is 13.2 Å². The third-order valence-electron chi connectivity index (χ3n) is 8.39. The van der Waals surface area contributed by atoms with Gasteiger partial charge in [0.1, 0.15) is 0 Å². The minimum atomic E-state index is -1.78. The van der Waals surface area contributed by atoms with E-state index in [1.165, 1.54) is 32.1 Å². The summed E-state index contributed by atoms with van der Waals surface area (Å²) in [4.78, 5) is 0. The summed E-state index contributed by atoms with van der Waals surface area (Å²) < 4.78 is 18.7. The van der Waals surface area contributed by atoms with Gasteiger partial charge in [-0.3, -0.25) is 0 Å². The molecule has 5 heteroatoms. The van der Waals surface area contributed by atoms with Gasteiger partial charge in [0.05, 0.1) is 19.3 Å². The molecule has 1 N–H and O–H groups in total. The molecule has 1 spiro atoms. The maximum absolute atomic E-state index is 10.8. The van der Waals surface area contributed by atoms with Gasteiger partial charge >= 0.3 is 0 Å². The normalized spacial score (nSPS) is 32.4. The lowest BCUT2D eigenvalue weighted by Gasteiger charge is -2.49. The van der Waals surface area contributed by atoms with Gasteiger partial charge < -0.3 is 19.0 Å². The Balaban J connectivity index is 1.56. The van der Waals surface area contributed by atoms with Crippen molar-refractivity contribution in [2.24, 2.45) is 17.8 Å². The van der Waals surface area contributed by atoms with E-state index in [1.54, 1.807) is 0 Å². The summed E-state index contributed by atoms with van der Waals surface area (Å²) in [5.74, 6) is 1.00. The molecule has 1 heterocycles. The molecule has 3 aliphatic rings. The molecule has 170 valence electrons. The number of hydrogen-bond donors (Lipinski definition) is 1. The number of aliphatic hydroxyl groups is 1. The summed E-state index contributed by atoms with van der Waals surface area (Å²) in [7, 11) is -1.78. The van der Waals surface area contributed by atoms with Gasteiger partial charge in [0, 0.05) is 18.4 Å². The number of aliphatic hydroxyl groups excluding tert-OH is 1. The van der Waals surface area contributed by atoms with Crippen LogP contribution in [-0.2, 0) is 13.9 Å². The second kappa shape index (κ2) is 9.28. The molecule has 1 aliphatic heterocycles. The first kappa shape index (κ1) is 23.7. The molecule has 2 saturated carbocycles. The minimum absolute atomic E-state index is 0.203. The lowest BCUT2D eigenvalue weighted by Crippen LogP contribution is -2.54. The molecule has 1 saturated heterocycles. The van der Waals surface area contributed by atoms with Crippen LogP contribution in [-0.4, -0.2) is 44.6 Å². The molecule has 4 nitrogen and oxygen atoms in total. The predicted molar refractivity (Wildman–Crippen MR) is 120 cm³/mol. The van der Waals surface area contributed by atoms with Crippen LogP contribution in [0.3, 0.4) is 0 Å². The van der Waals surface area contributed by atoms with Crippen molar-refractivity contribution in [2.45, 2.75) is 122 Å². The van der Waals surface area contributed by atoms with E-state index in [1.807, 2.05) is 0 Å². The Hall–Kier alpha value is 0.0569. The minimum Gasteiger partial charge on any atom is -0.414 e. The highest BCUT2D eigenvalue weighted by molar-refractivity contribution is 6.74. The van der Waals surface area contributed by atoms with E-state index < -0.39 is 8.32 Å². The van der Waals surface area contributed by atoms with Gasteiger partial charge in [0.15, 0.2) is 14.1 Å². The second-order valence-corrected chi connectivity index (χ2v) is 16.1. The smallest absolute Gasteiger partial charge is 0.192 e. The molecule has 0 radical (unpaired) electrons. The van der Waals surface area contributed by atoms with Crippen molar-refractivity contribution in [3.63, 3.8) is 0 Å². The number of hydrogen-bond acceptors (Lipinski definition) is 4. The highest BCUT2D eigenvalue weighted by Crippen LogP contribution is 2.60. The van der Waals surface area contributed by atoms with E-state index in [0.29, 0.717) is 37.1 Å². The first-order valence-electron chi connectivity index (χ1n) is 12.2. The molecular weight excluding hydrogens is 380 g/mol. The van der Waals surface area contributed by atoms with E-state index >= 15 is 0 Å². The summed E-state index contributed by atoms with van der Waals surface area (Å²) in [5.41, 5.74) is 0. The lowest BCUT2D eigenvalue weighted by atomic mass is 9.66. The Bertz CT molecular complexity index is 523. The van der Waals surface area contributed by atoms with Crippen molar-refractivity contribution in [1.29, 1.82) is 0 Å². The largest absolute Gasteiger partial charge is 0.414 e. The summed E-state index contributed by atoms with van der Waals surface area (Å²) in [6, 6.07) is 0.